The zero-order chi connectivity index (χ0) is 20.4. The van der Waals surface area contributed by atoms with Gasteiger partial charge < -0.3 is 10.2 Å². The standard InChI is InChI=1S/C20H20N6O.C2H6/c1-13-12-25(10-9-21-13)17-8-7-16-19(23-17)18-15(11-22-16)20(27)26(24-18)14-5-3-2-4-6-14;1-2/h2-8,11,13,21,24H,9-10,12H2,1H3;1-2H3. The molecule has 5 rings (SSSR count). The van der Waals surface area contributed by atoms with Crippen LogP contribution in [0, 0.1) is 0 Å². The number of anilines is 1. The summed E-state index contributed by atoms with van der Waals surface area (Å²) >= 11 is 0. The van der Waals surface area contributed by atoms with E-state index in [1.165, 1.54) is 0 Å². The van der Waals surface area contributed by atoms with Crippen LogP contribution in [0.2, 0.25) is 0 Å². The first-order valence-electron chi connectivity index (χ1n) is 10.1. The van der Waals surface area contributed by atoms with Gasteiger partial charge in [0.05, 0.1) is 22.1 Å². The van der Waals surface area contributed by atoms with Crippen LogP contribution >= 0.6 is 0 Å². The fraction of sp³-hybridized carbons (Fsp3) is 0.318. The lowest BCUT2D eigenvalue weighted by atomic mass is 10.2. The average molecular weight is 390 g/mol. The third-order valence-corrected chi connectivity index (χ3v) is 5.06. The molecule has 7 nitrogen and oxygen atoms in total. The Morgan fingerprint density at radius 1 is 1.10 bits per heavy atom. The SMILES string of the molecule is CC.CC1CN(c2ccc3ncc4c(=O)n(-c5ccccc5)[nH]c4c3n2)CCN1. The fourth-order valence-corrected chi connectivity index (χ4v) is 3.69. The molecular formula is C22H26N6O. The minimum absolute atomic E-state index is 0.117. The molecule has 7 heteroatoms. The Labute approximate surface area is 169 Å². The predicted octanol–water partition coefficient (Wildman–Crippen LogP) is 3.09. The van der Waals surface area contributed by atoms with Gasteiger partial charge in [0.2, 0.25) is 0 Å². The maximum absolute atomic E-state index is 12.8. The summed E-state index contributed by atoms with van der Waals surface area (Å²) in [7, 11) is 0. The maximum Gasteiger partial charge on any atom is 0.280 e. The van der Waals surface area contributed by atoms with Crippen LogP contribution in [0.25, 0.3) is 27.6 Å². The Balaban J connectivity index is 0.000000994. The van der Waals surface area contributed by atoms with Crippen molar-refractivity contribution in [3.05, 3.63) is 59.0 Å². The lowest BCUT2D eigenvalue weighted by Crippen LogP contribution is -2.49. The molecule has 2 N–H and O–H groups in total. The highest BCUT2D eigenvalue weighted by molar-refractivity contribution is 6.00. The summed E-state index contributed by atoms with van der Waals surface area (Å²) < 4.78 is 1.55. The normalized spacial score (nSPS) is 16.7. The Kier molecular flexibility index (Phi) is 5.31. The molecule has 0 bridgehead atoms. The Bertz CT molecular complexity index is 1180. The zero-order valence-electron chi connectivity index (χ0n) is 17.0. The first-order valence-corrected chi connectivity index (χ1v) is 10.1. The van der Waals surface area contributed by atoms with Gasteiger partial charge in [0.1, 0.15) is 11.3 Å². The number of piperazine rings is 1. The number of pyridine rings is 2. The lowest BCUT2D eigenvalue weighted by molar-refractivity contribution is 0.482. The second-order valence-electron chi connectivity index (χ2n) is 6.97. The van der Waals surface area contributed by atoms with Gasteiger partial charge in [-0.2, -0.15) is 0 Å². The molecule has 1 saturated heterocycles. The number of para-hydroxylation sites is 1. The average Bonchev–Trinajstić information content (AvgIpc) is 3.12. The molecule has 1 aliphatic heterocycles. The van der Waals surface area contributed by atoms with E-state index in [0.29, 0.717) is 11.4 Å². The van der Waals surface area contributed by atoms with Crippen molar-refractivity contribution in [2.24, 2.45) is 0 Å². The van der Waals surface area contributed by atoms with E-state index in [9.17, 15) is 4.79 Å². The molecular weight excluding hydrogens is 364 g/mol. The third-order valence-electron chi connectivity index (χ3n) is 5.06. The number of nitrogens with zero attached hydrogens (tertiary/aromatic N) is 4. The van der Waals surface area contributed by atoms with Gasteiger partial charge in [0.15, 0.2) is 0 Å². The monoisotopic (exact) mass is 390 g/mol. The molecule has 4 aromatic rings. The van der Waals surface area contributed by atoms with Crippen molar-refractivity contribution in [1.82, 2.24) is 25.1 Å². The van der Waals surface area contributed by atoms with E-state index in [1.54, 1.807) is 10.9 Å². The number of fused-ring (bicyclic) bond motifs is 3. The van der Waals surface area contributed by atoms with E-state index in [2.05, 4.69) is 27.2 Å². The number of H-pyrrole nitrogens is 1. The van der Waals surface area contributed by atoms with Crippen LogP contribution in [-0.4, -0.2) is 45.4 Å². The predicted molar refractivity (Wildman–Crippen MR) is 118 cm³/mol. The fourth-order valence-electron chi connectivity index (χ4n) is 3.69. The van der Waals surface area contributed by atoms with Gasteiger partial charge in [-0.3, -0.25) is 14.9 Å². The summed E-state index contributed by atoms with van der Waals surface area (Å²) in [6, 6.07) is 13.9. The molecule has 0 amide bonds. The minimum Gasteiger partial charge on any atom is -0.354 e. The van der Waals surface area contributed by atoms with Gasteiger partial charge in [-0.25, -0.2) is 9.67 Å². The highest BCUT2D eigenvalue weighted by Crippen LogP contribution is 2.23. The zero-order valence-corrected chi connectivity index (χ0v) is 17.0. The number of hydrogen-bond donors (Lipinski definition) is 2. The van der Waals surface area contributed by atoms with Crippen LogP contribution in [0.5, 0.6) is 0 Å². The molecule has 4 heterocycles. The van der Waals surface area contributed by atoms with Gasteiger partial charge in [-0.1, -0.05) is 32.0 Å². The second-order valence-corrected chi connectivity index (χ2v) is 6.97. The van der Waals surface area contributed by atoms with Crippen molar-refractivity contribution in [3.8, 4) is 5.69 Å². The summed E-state index contributed by atoms with van der Waals surface area (Å²) in [6.45, 7) is 8.92. The first-order chi connectivity index (χ1) is 14.2. The van der Waals surface area contributed by atoms with E-state index < -0.39 is 0 Å². The molecule has 1 aliphatic rings. The topological polar surface area (TPSA) is 78.8 Å². The van der Waals surface area contributed by atoms with Crippen LogP contribution in [0.15, 0.2) is 53.5 Å². The molecule has 1 unspecified atom stereocenters. The number of nitrogens with one attached hydrogen (secondary N) is 2. The van der Waals surface area contributed by atoms with Crippen molar-refractivity contribution < 1.29 is 0 Å². The van der Waals surface area contributed by atoms with Crippen molar-refractivity contribution in [2.75, 3.05) is 24.5 Å². The highest BCUT2D eigenvalue weighted by atomic mass is 16.1. The van der Waals surface area contributed by atoms with Crippen LogP contribution < -0.4 is 15.8 Å². The molecule has 0 saturated carbocycles. The molecule has 1 aromatic carbocycles. The number of aromatic amines is 1. The van der Waals surface area contributed by atoms with Crippen LogP contribution in [0.4, 0.5) is 5.82 Å². The number of rotatable bonds is 2. The minimum atomic E-state index is -0.117. The van der Waals surface area contributed by atoms with Crippen LogP contribution in [0.1, 0.15) is 20.8 Å². The molecule has 1 atom stereocenters. The Hall–Kier alpha value is -3.19. The van der Waals surface area contributed by atoms with E-state index in [-0.39, 0.29) is 5.56 Å². The van der Waals surface area contributed by atoms with Crippen molar-refractivity contribution >= 4 is 27.8 Å². The van der Waals surface area contributed by atoms with Crippen molar-refractivity contribution in [3.63, 3.8) is 0 Å². The number of hydrogen-bond acceptors (Lipinski definition) is 5. The molecule has 0 spiro atoms. The number of aromatic nitrogens is 4. The molecule has 150 valence electrons. The molecule has 0 radical (unpaired) electrons. The van der Waals surface area contributed by atoms with E-state index in [4.69, 9.17) is 4.98 Å². The van der Waals surface area contributed by atoms with Gasteiger partial charge in [-0.05, 0) is 31.2 Å². The van der Waals surface area contributed by atoms with Crippen LogP contribution in [-0.2, 0) is 0 Å². The summed E-state index contributed by atoms with van der Waals surface area (Å²) in [5.74, 6) is 0.915. The molecule has 0 aliphatic carbocycles. The third kappa shape index (κ3) is 3.49. The second kappa shape index (κ2) is 8.05. The van der Waals surface area contributed by atoms with Crippen molar-refractivity contribution in [1.29, 1.82) is 0 Å². The lowest BCUT2D eigenvalue weighted by Gasteiger charge is -2.32. The molecule has 3 aromatic heterocycles. The maximum atomic E-state index is 12.8. The van der Waals surface area contributed by atoms with Gasteiger partial charge in [0, 0.05) is 31.9 Å². The first kappa shape index (κ1) is 19.1. The summed E-state index contributed by atoms with van der Waals surface area (Å²) in [6.07, 6.45) is 1.63. The van der Waals surface area contributed by atoms with Crippen LogP contribution in [0.3, 0.4) is 0 Å². The van der Waals surface area contributed by atoms with E-state index in [1.807, 2.05) is 56.3 Å². The smallest absolute Gasteiger partial charge is 0.280 e. The summed E-state index contributed by atoms with van der Waals surface area (Å²) in [5.41, 5.74) is 2.89. The van der Waals surface area contributed by atoms with Crippen molar-refractivity contribution in [2.45, 2.75) is 26.8 Å². The largest absolute Gasteiger partial charge is 0.354 e. The summed E-state index contributed by atoms with van der Waals surface area (Å²) in [4.78, 5) is 24.4. The molecule has 29 heavy (non-hydrogen) atoms. The highest BCUT2D eigenvalue weighted by Gasteiger charge is 2.19. The Morgan fingerprint density at radius 2 is 1.90 bits per heavy atom. The van der Waals surface area contributed by atoms with E-state index >= 15 is 0 Å². The number of benzene rings is 1. The Morgan fingerprint density at radius 3 is 2.66 bits per heavy atom. The quantitative estimate of drug-likeness (QED) is 0.550. The van der Waals surface area contributed by atoms with Gasteiger partial charge >= 0.3 is 0 Å². The van der Waals surface area contributed by atoms with Gasteiger partial charge in [-0.15, -0.1) is 0 Å². The van der Waals surface area contributed by atoms with E-state index in [0.717, 1.165) is 47.7 Å². The van der Waals surface area contributed by atoms with Gasteiger partial charge in [0.25, 0.3) is 5.56 Å². The summed E-state index contributed by atoms with van der Waals surface area (Å²) in [5, 5.41) is 7.22. The molecule has 1 fully saturated rings.